The van der Waals surface area contributed by atoms with E-state index in [2.05, 4.69) is 5.92 Å². The molecule has 0 saturated carbocycles. The predicted octanol–water partition coefficient (Wildman–Crippen LogP) is 1.08. The SMILES string of the molecule is C#CCCCC(C(C)=O)C(=O)N(C)C. The Hall–Kier alpha value is -1.30. The van der Waals surface area contributed by atoms with Crippen LogP contribution in [0.5, 0.6) is 0 Å². The number of carbonyl (C=O) groups excluding carboxylic acids is 2. The zero-order valence-corrected chi connectivity index (χ0v) is 9.04. The van der Waals surface area contributed by atoms with Crippen LogP contribution in [0.15, 0.2) is 0 Å². The van der Waals surface area contributed by atoms with Gasteiger partial charge in [0.15, 0.2) is 0 Å². The smallest absolute Gasteiger partial charge is 0.232 e. The number of carbonyl (C=O) groups is 2. The first-order valence-electron chi connectivity index (χ1n) is 4.65. The summed E-state index contributed by atoms with van der Waals surface area (Å²) in [7, 11) is 3.30. The molecule has 1 amide bonds. The number of unbranched alkanes of at least 4 members (excludes halogenated alkanes) is 1. The van der Waals surface area contributed by atoms with Crippen LogP contribution in [0, 0.1) is 18.3 Å². The second-order valence-corrected chi connectivity index (χ2v) is 3.49. The molecule has 0 aromatic rings. The first-order chi connectivity index (χ1) is 6.50. The lowest BCUT2D eigenvalue weighted by Crippen LogP contribution is -2.33. The fourth-order valence-corrected chi connectivity index (χ4v) is 1.22. The van der Waals surface area contributed by atoms with Crippen LogP contribution in [0.4, 0.5) is 0 Å². The van der Waals surface area contributed by atoms with Gasteiger partial charge in [0.05, 0.1) is 5.92 Å². The fourth-order valence-electron chi connectivity index (χ4n) is 1.22. The van der Waals surface area contributed by atoms with Crippen LogP contribution in [-0.2, 0) is 9.59 Å². The van der Waals surface area contributed by atoms with Crippen LogP contribution in [0.2, 0.25) is 0 Å². The van der Waals surface area contributed by atoms with Crippen molar-refractivity contribution < 1.29 is 9.59 Å². The van der Waals surface area contributed by atoms with E-state index in [9.17, 15) is 9.59 Å². The van der Waals surface area contributed by atoms with Crippen LogP contribution >= 0.6 is 0 Å². The Labute approximate surface area is 85.5 Å². The van der Waals surface area contributed by atoms with Gasteiger partial charge in [-0.15, -0.1) is 12.3 Å². The summed E-state index contributed by atoms with van der Waals surface area (Å²) in [5, 5.41) is 0. The summed E-state index contributed by atoms with van der Waals surface area (Å²) < 4.78 is 0. The van der Waals surface area contributed by atoms with Crippen LogP contribution in [-0.4, -0.2) is 30.7 Å². The molecule has 0 aromatic heterocycles. The van der Waals surface area contributed by atoms with Crippen molar-refractivity contribution in [1.29, 1.82) is 0 Å². The lowest BCUT2D eigenvalue weighted by Gasteiger charge is -2.17. The fraction of sp³-hybridized carbons (Fsp3) is 0.636. The zero-order valence-electron chi connectivity index (χ0n) is 9.04. The highest BCUT2D eigenvalue weighted by Gasteiger charge is 2.23. The van der Waals surface area contributed by atoms with E-state index in [1.165, 1.54) is 11.8 Å². The average Bonchev–Trinajstić information content (AvgIpc) is 2.10. The third-order valence-corrected chi connectivity index (χ3v) is 2.04. The minimum Gasteiger partial charge on any atom is -0.348 e. The second-order valence-electron chi connectivity index (χ2n) is 3.49. The van der Waals surface area contributed by atoms with Gasteiger partial charge in [-0.2, -0.15) is 0 Å². The Morgan fingerprint density at radius 1 is 1.43 bits per heavy atom. The number of hydrogen-bond donors (Lipinski definition) is 0. The molecule has 1 atom stereocenters. The predicted molar refractivity (Wildman–Crippen MR) is 55.5 cm³/mol. The molecule has 0 heterocycles. The zero-order chi connectivity index (χ0) is 11.1. The van der Waals surface area contributed by atoms with Gasteiger partial charge in [-0.05, 0) is 19.8 Å². The van der Waals surface area contributed by atoms with Gasteiger partial charge in [-0.1, -0.05) is 0 Å². The van der Waals surface area contributed by atoms with Gasteiger partial charge in [-0.25, -0.2) is 0 Å². The summed E-state index contributed by atoms with van der Waals surface area (Å²) in [6.45, 7) is 1.45. The number of ketones is 1. The van der Waals surface area contributed by atoms with Gasteiger partial charge in [0.25, 0.3) is 0 Å². The van der Waals surface area contributed by atoms with Gasteiger partial charge >= 0.3 is 0 Å². The molecule has 1 unspecified atom stereocenters. The minimum atomic E-state index is -0.515. The van der Waals surface area contributed by atoms with Gasteiger partial charge < -0.3 is 4.90 Å². The first kappa shape index (κ1) is 12.7. The molecule has 0 aliphatic heterocycles. The lowest BCUT2D eigenvalue weighted by molar-refractivity contribution is -0.138. The summed E-state index contributed by atoms with van der Waals surface area (Å²) in [4.78, 5) is 24.2. The van der Waals surface area contributed by atoms with E-state index in [1.807, 2.05) is 0 Å². The Bertz CT molecular complexity index is 251. The molecule has 14 heavy (non-hydrogen) atoms. The van der Waals surface area contributed by atoms with Crippen molar-refractivity contribution in [1.82, 2.24) is 4.90 Å². The summed E-state index contributed by atoms with van der Waals surface area (Å²) in [6, 6.07) is 0. The van der Waals surface area contributed by atoms with Crippen molar-refractivity contribution in [2.24, 2.45) is 5.92 Å². The van der Waals surface area contributed by atoms with E-state index in [-0.39, 0.29) is 11.7 Å². The van der Waals surface area contributed by atoms with Gasteiger partial charge in [0.1, 0.15) is 5.78 Å². The number of rotatable bonds is 5. The molecule has 0 spiro atoms. The van der Waals surface area contributed by atoms with Crippen molar-refractivity contribution in [3.8, 4) is 12.3 Å². The molecule has 0 aliphatic rings. The van der Waals surface area contributed by atoms with Crippen LogP contribution in [0.3, 0.4) is 0 Å². The quantitative estimate of drug-likeness (QED) is 0.374. The van der Waals surface area contributed by atoms with E-state index in [4.69, 9.17) is 6.42 Å². The molecule has 0 radical (unpaired) electrons. The van der Waals surface area contributed by atoms with E-state index in [0.717, 1.165) is 6.42 Å². The Morgan fingerprint density at radius 2 is 2.00 bits per heavy atom. The molecule has 0 rings (SSSR count). The monoisotopic (exact) mass is 195 g/mol. The molecule has 0 N–H and O–H groups in total. The van der Waals surface area contributed by atoms with E-state index in [0.29, 0.717) is 12.8 Å². The molecular weight excluding hydrogens is 178 g/mol. The molecule has 3 nitrogen and oxygen atoms in total. The minimum absolute atomic E-state index is 0.0827. The number of amides is 1. The summed E-state index contributed by atoms with van der Waals surface area (Å²) in [5.74, 6) is 1.77. The molecule has 0 aliphatic carbocycles. The Kier molecular flexibility index (Phi) is 5.62. The standard InChI is InChI=1S/C11H17NO2/c1-5-6-7-8-10(9(2)13)11(14)12(3)4/h1,10H,6-8H2,2-4H3. The van der Waals surface area contributed by atoms with Gasteiger partial charge in [0.2, 0.25) is 5.91 Å². The summed E-state index contributed by atoms with van der Waals surface area (Å²) in [5.41, 5.74) is 0. The average molecular weight is 195 g/mol. The molecule has 0 saturated heterocycles. The number of nitrogens with zero attached hydrogens (tertiary/aromatic N) is 1. The Balaban J connectivity index is 4.24. The number of hydrogen-bond acceptors (Lipinski definition) is 2. The third-order valence-electron chi connectivity index (χ3n) is 2.04. The Morgan fingerprint density at radius 3 is 2.36 bits per heavy atom. The van der Waals surface area contributed by atoms with Crippen molar-refractivity contribution in [2.45, 2.75) is 26.2 Å². The van der Waals surface area contributed by atoms with Crippen LogP contribution in [0.25, 0.3) is 0 Å². The second kappa shape index (κ2) is 6.20. The van der Waals surface area contributed by atoms with Gasteiger partial charge in [0, 0.05) is 20.5 Å². The van der Waals surface area contributed by atoms with Crippen LogP contribution in [0.1, 0.15) is 26.2 Å². The maximum absolute atomic E-state index is 11.5. The molecule has 0 bridgehead atoms. The number of Topliss-reactive ketones (excluding diaryl/α,β-unsaturated/α-hetero) is 1. The normalized spacial score (nSPS) is 11.6. The number of terminal acetylenes is 1. The highest BCUT2D eigenvalue weighted by atomic mass is 16.2. The van der Waals surface area contributed by atoms with Crippen molar-refractivity contribution in [2.75, 3.05) is 14.1 Å². The summed E-state index contributed by atoms with van der Waals surface area (Å²) >= 11 is 0. The van der Waals surface area contributed by atoms with E-state index in [1.54, 1.807) is 14.1 Å². The third kappa shape index (κ3) is 4.08. The highest BCUT2D eigenvalue weighted by molar-refractivity contribution is 5.99. The van der Waals surface area contributed by atoms with Crippen LogP contribution < -0.4 is 0 Å². The highest BCUT2D eigenvalue weighted by Crippen LogP contribution is 2.11. The van der Waals surface area contributed by atoms with E-state index >= 15 is 0 Å². The van der Waals surface area contributed by atoms with Crippen molar-refractivity contribution >= 4 is 11.7 Å². The van der Waals surface area contributed by atoms with E-state index < -0.39 is 5.92 Å². The molecule has 0 fully saturated rings. The largest absolute Gasteiger partial charge is 0.348 e. The maximum atomic E-state index is 11.5. The molecule has 3 heteroatoms. The topological polar surface area (TPSA) is 37.4 Å². The van der Waals surface area contributed by atoms with Crippen molar-refractivity contribution in [3.05, 3.63) is 0 Å². The lowest BCUT2D eigenvalue weighted by atomic mass is 9.97. The first-order valence-corrected chi connectivity index (χ1v) is 4.65. The van der Waals surface area contributed by atoms with Gasteiger partial charge in [-0.3, -0.25) is 9.59 Å². The van der Waals surface area contributed by atoms with Crippen molar-refractivity contribution in [3.63, 3.8) is 0 Å². The molecular formula is C11H17NO2. The molecule has 78 valence electrons. The maximum Gasteiger partial charge on any atom is 0.232 e. The summed E-state index contributed by atoms with van der Waals surface area (Å²) in [6.07, 6.45) is 6.99. The molecule has 0 aromatic carbocycles.